The third-order valence-electron chi connectivity index (χ3n) is 3.93. The summed E-state index contributed by atoms with van der Waals surface area (Å²) in [6, 6.07) is 5.64. The van der Waals surface area contributed by atoms with Gasteiger partial charge in [-0.05, 0) is 45.0 Å². The molecule has 178 valence electrons. The van der Waals surface area contributed by atoms with Gasteiger partial charge in [0, 0.05) is 16.6 Å². The number of thiazole rings is 1. The van der Waals surface area contributed by atoms with Crippen molar-refractivity contribution in [3.05, 3.63) is 35.3 Å². The van der Waals surface area contributed by atoms with Crippen LogP contribution in [0.3, 0.4) is 0 Å². The summed E-state index contributed by atoms with van der Waals surface area (Å²) in [6.45, 7) is 4.27. The lowest BCUT2D eigenvalue weighted by Crippen LogP contribution is -2.47. The summed E-state index contributed by atoms with van der Waals surface area (Å²) in [5.41, 5.74) is 0.785. The molecule has 33 heavy (non-hydrogen) atoms. The fraction of sp³-hybridized carbons (Fsp3) is 0.381. The number of aliphatic hydroxyl groups excluding tert-OH is 1. The van der Waals surface area contributed by atoms with Crippen LogP contribution in [0.2, 0.25) is 0 Å². The Labute approximate surface area is 194 Å². The number of benzene rings is 1. The molecule has 1 heterocycles. The van der Waals surface area contributed by atoms with Crippen molar-refractivity contribution in [2.45, 2.75) is 32.4 Å². The molecule has 0 saturated heterocycles. The zero-order chi connectivity index (χ0) is 24.6. The molecule has 0 aliphatic rings. The first-order valence-electron chi connectivity index (χ1n) is 9.84. The molecule has 2 aromatic rings. The molecule has 0 spiro atoms. The standard InChI is InChI=1S/C21H26N4O7S/c1-21(2,3)32-20(30)23-13-7-5-12(6-8-13)18-25-15(11-33-18)17(28)22-9-16(27)24-14(10-26)19(29)31-4/h5-8,11,14,26H,9-10H2,1-4H3,(H,22,28)(H,23,30)(H,24,27)/t14-/m0/s1. The van der Waals surface area contributed by atoms with Crippen LogP contribution in [0.15, 0.2) is 29.6 Å². The number of nitrogens with one attached hydrogen (secondary N) is 3. The zero-order valence-corrected chi connectivity index (χ0v) is 19.4. The summed E-state index contributed by atoms with van der Waals surface area (Å²) in [4.78, 5) is 51.7. The van der Waals surface area contributed by atoms with E-state index in [1.165, 1.54) is 11.3 Å². The van der Waals surface area contributed by atoms with Gasteiger partial charge in [0.05, 0.1) is 20.3 Å². The molecule has 0 bridgehead atoms. The smallest absolute Gasteiger partial charge is 0.412 e. The molecule has 4 N–H and O–H groups in total. The van der Waals surface area contributed by atoms with Crippen LogP contribution >= 0.6 is 11.3 Å². The van der Waals surface area contributed by atoms with Crippen LogP contribution in [0.1, 0.15) is 31.3 Å². The second-order valence-corrected chi connectivity index (χ2v) is 8.61. The number of hydrogen-bond donors (Lipinski definition) is 4. The molecule has 0 aliphatic carbocycles. The van der Waals surface area contributed by atoms with E-state index >= 15 is 0 Å². The van der Waals surface area contributed by atoms with Gasteiger partial charge in [-0.25, -0.2) is 14.6 Å². The first kappa shape index (κ1) is 25.7. The predicted molar refractivity (Wildman–Crippen MR) is 121 cm³/mol. The summed E-state index contributed by atoms with van der Waals surface area (Å²) >= 11 is 1.24. The largest absolute Gasteiger partial charge is 0.467 e. The molecule has 0 unspecified atom stereocenters. The number of amides is 3. The van der Waals surface area contributed by atoms with Gasteiger partial charge in [-0.1, -0.05) is 0 Å². The lowest BCUT2D eigenvalue weighted by atomic mass is 10.2. The Bertz CT molecular complexity index is 999. The van der Waals surface area contributed by atoms with Crippen molar-refractivity contribution >= 4 is 40.9 Å². The summed E-state index contributed by atoms with van der Waals surface area (Å²) in [5, 5.41) is 18.5. The number of aliphatic hydroxyl groups is 1. The van der Waals surface area contributed by atoms with Crippen LogP contribution < -0.4 is 16.0 Å². The van der Waals surface area contributed by atoms with E-state index in [1.807, 2.05) is 0 Å². The highest BCUT2D eigenvalue weighted by molar-refractivity contribution is 7.13. The van der Waals surface area contributed by atoms with Crippen LogP contribution in [0, 0.1) is 0 Å². The van der Waals surface area contributed by atoms with Crippen LogP contribution in [-0.4, -0.2) is 65.9 Å². The van der Waals surface area contributed by atoms with Gasteiger partial charge in [0.1, 0.15) is 16.3 Å². The molecular formula is C21H26N4O7S. The van der Waals surface area contributed by atoms with Crippen molar-refractivity contribution in [2.75, 3.05) is 25.6 Å². The topological polar surface area (TPSA) is 156 Å². The average Bonchev–Trinajstić information content (AvgIpc) is 3.24. The van der Waals surface area contributed by atoms with E-state index < -0.39 is 48.7 Å². The summed E-state index contributed by atoms with van der Waals surface area (Å²) in [7, 11) is 1.13. The highest BCUT2D eigenvalue weighted by Crippen LogP contribution is 2.25. The normalized spacial score (nSPS) is 11.8. The van der Waals surface area contributed by atoms with E-state index in [4.69, 9.17) is 9.84 Å². The number of anilines is 1. The van der Waals surface area contributed by atoms with Crippen molar-refractivity contribution in [3.8, 4) is 10.6 Å². The van der Waals surface area contributed by atoms with E-state index in [9.17, 15) is 19.2 Å². The molecule has 12 heteroatoms. The van der Waals surface area contributed by atoms with E-state index in [2.05, 4.69) is 25.7 Å². The molecule has 0 aliphatic heterocycles. The van der Waals surface area contributed by atoms with Crippen LogP contribution in [-0.2, 0) is 19.1 Å². The molecule has 1 aromatic heterocycles. The predicted octanol–water partition coefficient (Wildman–Crippen LogP) is 1.54. The van der Waals surface area contributed by atoms with E-state index in [1.54, 1.807) is 50.4 Å². The molecule has 11 nitrogen and oxygen atoms in total. The molecule has 2 rings (SSSR count). The second-order valence-electron chi connectivity index (χ2n) is 7.75. The lowest BCUT2D eigenvalue weighted by molar-refractivity contribution is -0.146. The fourth-order valence-electron chi connectivity index (χ4n) is 2.45. The average molecular weight is 479 g/mol. The maximum atomic E-state index is 12.3. The fourth-order valence-corrected chi connectivity index (χ4v) is 3.25. The van der Waals surface area contributed by atoms with Gasteiger partial charge in [-0.15, -0.1) is 11.3 Å². The zero-order valence-electron chi connectivity index (χ0n) is 18.6. The number of hydrogen-bond acceptors (Lipinski definition) is 9. The van der Waals surface area contributed by atoms with Crippen molar-refractivity contribution in [1.29, 1.82) is 0 Å². The highest BCUT2D eigenvalue weighted by Gasteiger charge is 2.21. The van der Waals surface area contributed by atoms with Gasteiger partial charge < -0.3 is 25.2 Å². The van der Waals surface area contributed by atoms with E-state index in [0.29, 0.717) is 10.7 Å². The Morgan fingerprint density at radius 1 is 1.15 bits per heavy atom. The van der Waals surface area contributed by atoms with Crippen LogP contribution in [0.25, 0.3) is 10.6 Å². The third-order valence-corrected chi connectivity index (χ3v) is 4.82. The molecule has 0 fully saturated rings. The first-order valence-corrected chi connectivity index (χ1v) is 10.7. The Balaban J connectivity index is 1.92. The first-order chi connectivity index (χ1) is 15.5. The monoisotopic (exact) mass is 478 g/mol. The van der Waals surface area contributed by atoms with Gasteiger partial charge in [-0.3, -0.25) is 14.9 Å². The minimum Gasteiger partial charge on any atom is -0.467 e. The number of ether oxygens (including phenoxy) is 2. The van der Waals surface area contributed by atoms with Gasteiger partial charge in [0.15, 0.2) is 6.04 Å². The number of methoxy groups -OCH3 is 1. The highest BCUT2D eigenvalue weighted by atomic mass is 32.1. The van der Waals surface area contributed by atoms with Gasteiger partial charge in [0.25, 0.3) is 5.91 Å². The van der Waals surface area contributed by atoms with Crippen LogP contribution in [0.4, 0.5) is 10.5 Å². The number of carbonyl (C=O) groups excluding carboxylic acids is 4. The van der Waals surface area contributed by atoms with E-state index in [-0.39, 0.29) is 5.69 Å². The maximum Gasteiger partial charge on any atom is 0.412 e. The molecule has 1 aromatic carbocycles. The van der Waals surface area contributed by atoms with Gasteiger partial charge in [-0.2, -0.15) is 0 Å². The second kappa shape index (κ2) is 11.4. The van der Waals surface area contributed by atoms with Crippen molar-refractivity contribution < 1.29 is 33.8 Å². The Kier molecular flexibility index (Phi) is 8.88. The molecule has 3 amide bonds. The third kappa shape index (κ3) is 8.16. The molecular weight excluding hydrogens is 452 g/mol. The quantitative estimate of drug-likeness (QED) is 0.416. The van der Waals surface area contributed by atoms with Gasteiger partial charge in [0.2, 0.25) is 5.91 Å². The Morgan fingerprint density at radius 3 is 2.39 bits per heavy atom. The SMILES string of the molecule is COC(=O)[C@H](CO)NC(=O)CNC(=O)c1csc(-c2ccc(NC(=O)OC(C)(C)C)cc2)n1. The van der Waals surface area contributed by atoms with Crippen molar-refractivity contribution in [2.24, 2.45) is 0 Å². The maximum absolute atomic E-state index is 12.3. The number of nitrogens with zero attached hydrogens (tertiary/aromatic N) is 1. The minimum absolute atomic E-state index is 0.116. The summed E-state index contributed by atoms with van der Waals surface area (Å²) in [5.74, 6) is -2.04. The van der Waals surface area contributed by atoms with E-state index in [0.717, 1.165) is 12.7 Å². The minimum atomic E-state index is -1.21. The molecule has 0 radical (unpaired) electrons. The van der Waals surface area contributed by atoms with Crippen LogP contribution in [0.5, 0.6) is 0 Å². The summed E-state index contributed by atoms with van der Waals surface area (Å²) < 4.78 is 9.65. The molecule has 0 saturated carbocycles. The Hall–Kier alpha value is -3.51. The Morgan fingerprint density at radius 2 is 1.82 bits per heavy atom. The van der Waals surface area contributed by atoms with Crippen molar-refractivity contribution in [1.82, 2.24) is 15.6 Å². The number of esters is 1. The number of carbonyl (C=O) groups is 4. The number of rotatable bonds is 8. The number of aromatic nitrogens is 1. The van der Waals surface area contributed by atoms with Crippen molar-refractivity contribution in [3.63, 3.8) is 0 Å². The summed E-state index contributed by atoms with van der Waals surface area (Å²) in [6.07, 6.45) is -0.565. The molecule has 1 atom stereocenters. The van der Waals surface area contributed by atoms with Gasteiger partial charge >= 0.3 is 12.1 Å². The lowest BCUT2D eigenvalue weighted by Gasteiger charge is -2.19.